The van der Waals surface area contributed by atoms with Crippen LogP contribution in [0, 0.1) is 12.8 Å². The first-order valence-corrected chi connectivity index (χ1v) is 6.40. The van der Waals surface area contributed by atoms with E-state index in [1.807, 2.05) is 6.92 Å². The first kappa shape index (κ1) is 14.2. The molecule has 2 aromatic rings. The van der Waals surface area contributed by atoms with Gasteiger partial charge in [-0.3, -0.25) is 4.79 Å². The van der Waals surface area contributed by atoms with Gasteiger partial charge in [-0.05, 0) is 37.1 Å². The van der Waals surface area contributed by atoms with Gasteiger partial charge in [0.25, 0.3) is 11.8 Å². The molecule has 2 N–H and O–H groups in total. The van der Waals surface area contributed by atoms with E-state index in [1.165, 1.54) is 0 Å². The Labute approximate surface area is 116 Å². The Morgan fingerprint density at radius 2 is 2.10 bits per heavy atom. The number of aliphatic hydroxyl groups is 1. The average molecular weight is 275 g/mol. The van der Waals surface area contributed by atoms with Crippen LogP contribution in [0.5, 0.6) is 0 Å². The van der Waals surface area contributed by atoms with Crippen molar-refractivity contribution in [2.45, 2.75) is 13.8 Å². The Kier molecular flexibility index (Phi) is 4.47. The average Bonchev–Trinajstić information content (AvgIpc) is 2.91. The summed E-state index contributed by atoms with van der Waals surface area (Å²) in [5.41, 5.74) is 1.32. The highest BCUT2D eigenvalue weighted by Gasteiger charge is 2.10. The van der Waals surface area contributed by atoms with Gasteiger partial charge < -0.3 is 14.9 Å². The van der Waals surface area contributed by atoms with Crippen LogP contribution in [0.2, 0.25) is 0 Å². The highest BCUT2D eigenvalue weighted by molar-refractivity contribution is 5.94. The molecule has 0 spiro atoms. The second-order valence-corrected chi connectivity index (χ2v) is 4.72. The molecule has 0 aliphatic carbocycles. The number of aryl methyl sites for hydroxylation is 1. The molecule has 20 heavy (non-hydrogen) atoms. The SMILES string of the molecule is Cc1noc(-c2ccc(C(=O)NCC(C)CO)cc2)n1. The second-order valence-electron chi connectivity index (χ2n) is 4.72. The number of aliphatic hydroxyl groups excluding tert-OH is 1. The van der Waals surface area contributed by atoms with Crippen molar-refractivity contribution in [3.05, 3.63) is 35.7 Å². The zero-order valence-corrected chi connectivity index (χ0v) is 11.5. The molecule has 0 aliphatic rings. The van der Waals surface area contributed by atoms with Crippen LogP contribution in [-0.2, 0) is 0 Å². The normalized spacial score (nSPS) is 12.2. The highest BCUT2D eigenvalue weighted by Crippen LogP contribution is 2.17. The standard InChI is InChI=1S/C14H17N3O3/c1-9(8-18)7-15-13(19)11-3-5-12(6-4-11)14-16-10(2)17-20-14/h3-6,9,18H,7-8H2,1-2H3,(H,15,19). The Bertz CT molecular complexity index is 578. The molecule has 2 rings (SSSR count). The third-order valence-corrected chi connectivity index (χ3v) is 2.84. The first-order valence-electron chi connectivity index (χ1n) is 6.40. The van der Waals surface area contributed by atoms with Gasteiger partial charge in [0.15, 0.2) is 5.82 Å². The number of hydrogen-bond acceptors (Lipinski definition) is 5. The third kappa shape index (κ3) is 3.42. The predicted octanol–water partition coefficient (Wildman–Crippen LogP) is 1.40. The van der Waals surface area contributed by atoms with Gasteiger partial charge in [-0.2, -0.15) is 4.98 Å². The number of nitrogens with one attached hydrogen (secondary N) is 1. The molecule has 0 saturated carbocycles. The van der Waals surface area contributed by atoms with E-state index in [9.17, 15) is 4.79 Å². The van der Waals surface area contributed by atoms with E-state index < -0.39 is 0 Å². The minimum atomic E-state index is -0.168. The molecule has 1 aromatic heterocycles. The third-order valence-electron chi connectivity index (χ3n) is 2.84. The van der Waals surface area contributed by atoms with Gasteiger partial charge in [0.05, 0.1) is 0 Å². The number of rotatable bonds is 5. The number of carbonyl (C=O) groups excluding carboxylic acids is 1. The van der Waals surface area contributed by atoms with E-state index in [0.717, 1.165) is 5.56 Å². The maximum atomic E-state index is 11.9. The van der Waals surface area contributed by atoms with Gasteiger partial charge in [-0.15, -0.1) is 0 Å². The highest BCUT2D eigenvalue weighted by atomic mass is 16.5. The van der Waals surface area contributed by atoms with Crippen LogP contribution in [-0.4, -0.2) is 34.3 Å². The number of aromatic nitrogens is 2. The fourth-order valence-corrected chi connectivity index (χ4v) is 1.61. The Morgan fingerprint density at radius 1 is 1.40 bits per heavy atom. The molecule has 6 nitrogen and oxygen atoms in total. The molecule has 0 radical (unpaired) electrons. The molecule has 6 heteroatoms. The van der Waals surface area contributed by atoms with Crippen LogP contribution in [0.3, 0.4) is 0 Å². The lowest BCUT2D eigenvalue weighted by atomic mass is 10.1. The summed E-state index contributed by atoms with van der Waals surface area (Å²) >= 11 is 0. The molecule has 0 bridgehead atoms. The van der Waals surface area contributed by atoms with Crippen molar-refractivity contribution >= 4 is 5.91 Å². The summed E-state index contributed by atoms with van der Waals surface area (Å²) in [5, 5.41) is 15.4. The van der Waals surface area contributed by atoms with Gasteiger partial charge >= 0.3 is 0 Å². The quantitative estimate of drug-likeness (QED) is 0.861. The predicted molar refractivity (Wildman–Crippen MR) is 73.1 cm³/mol. The topological polar surface area (TPSA) is 88.2 Å². The lowest BCUT2D eigenvalue weighted by Gasteiger charge is -2.09. The Morgan fingerprint density at radius 3 is 2.65 bits per heavy atom. The molecular weight excluding hydrogens is 258 g/mol. The smallest absolute Gasteiger partial charge is 0.257 e. The zero-order valence-electron chi connectivity index (χ0n) is 11.5. The monoisotopic (exact) mass is 275 g/mol. The second kappa shape index (κ2) is 6.29. The van der Waals surface area contributed by atoms with Crippen molar-refractivity contribution in [2.75, 3.05) is 13.2 Å². The zero-order chi connectivity index (χ0) is 14.5. The van der Waals surface area contributed by atoms with Crippen molar-refractivity contribution in [1.82, 2.24) is 15.5 Å². The van der Waals surface area contributed by atoms with Gasteiger partial charge in [-0.25, -0.2) is 0 Å². The summed E-state index contributed by atoms with van der Waals surface area (Å²) in [6.07, 6.45) is 0. The molecule has 1 atom stereocenters. The van der Waals surface area contributed by atoms with Crippen LogP contribution < -0.4 is 5.32 Å². The minimum Gasteiger partial charge on any atom is -0.396 e. The summed E-state index contributed by atoms with van der Waals surface area (Å²) in [6, 6.07) is 6.93. The lowest BCUT2D eigenvalue weighted by Crippen LogP contribution is -2.29. The van der Waals surface area contributed by atoms with Crippen LogP contribution >= 0.6 is 0 Å². The van der Waals surface area contributed by atoms with Crippen LogP contribution in [0.4, 0.5) is 0 Å². The molecule has 106 valence electrons. The molecular formula is C14H17N3O3. The summed E-state index contributed by atoms with van der Waals surface area (Å²) < 4.78 is 5.05. The van der Waals surface area contributed by atoms with E-state index in [-0.39, 0.29) is 18.4 Å². The van der Waals surface area contributed by atoms with Gasteiger partial charge in [-0.1, -0.05) is 12.1 Å². The molecule has 0 fully saturated rings. The Balaban J connectivity index is 2.02. The number of amides is 1. The first-order chi connectivity index (χ1) is 9.60. The largest absolute Gasteiger partial charge is 0.396 e. The number of nitrogens with zero attached hydrogens (tertiary/aromatic N) is 2. The van der Waals surface area contributed by atoms with Gasteiger partial charge in [0.1, 0.15) is 0 Å². The van der Waals surface area contributed by atoms with E-state index in [2.05, 4.69) is 15.5 Å². The Hall–Kier alpha value is -2.21. The molecule has 1 amide bonds. The molecule has 0 aliphatic heterocycles. The fraction of sp³-hybridized carbons (Fsp3) is 0.357. The van der Waals surface area contributed by atoms with Crippen LogP contribution in [0.1, 0.15) is 23.1 Å². The lowest BCUT2D eigenvalue weighted by molar-refractivity contribution is 0.0942. The van der Waals surface area contributed by atoms with Crippen molar-refractivity contribution in [3.63, 3.8) is 0 Å². The van der Waals surface area contributed by atoms with Gasteiger partial charge in [0.2, 0.25) is 0 Å². The molecule has 0 saturated heterocycles. The van der Waals surface area contributed by atoms with Crippen molar-refractivity contribution in [3.8, 4) is 11.5 Å². The van der Waals surface area contributed by atoms with E-state index in [0.29, 0.717) is 23.8 Å². The fourth-order valence-electron chi connectivity index (χ4n) is 1.61. The summed E-state index contributed by atoms with van der Waals surface area (Å²) in [4.78, 5) is 16.0. The minimum absolute atomic E-state index is 0.0413. The molecule has 1 heterocycles. The molecule has 1 unspecified atom stereocenters. The number of carbonyl (C=O) groups is 1. The van der Waals surface area contributed by atoms with Crippen LogP contribution in [0.15, 0.2) is 28.8 Å². The van der Waals surface area contributed by atoms with Gasteiger partial charge in [0, 0.05) is 24.3 Å². The maximum Gasteiger partial charge on any atom is 0.257 e. The van der Waals surface area contributed by atoms with Crippen molar-refractivity contribution < 1.29 is 14.4 Å². The summed E-state index contributed by atoms with van der Waals surface area (Å²) in [6.45, 7) is 4.11. The number of hydrogen-bond donors (Lipinski definition) is 2. The number of benzene rings is 1. The maximum absolute atomic E-state index is 11.9. The van der Waals surface area contributed by atoms with Crippen molar-refractivity contribution in [1.29, 1.82) is 0 Å². The van der Waals surface area contributed by atoms with Crippen LogP contribution in [0.25, 0.3) is 11.5 Å². The molecule has 1 aromatic carbocycles. The van der Waals surface area contributed by atoms with E-state index in [1.54, 1.807) is 31.2 Å². The van der Waals surface area contributed by atoms with E-state index in [4.69, 9.17) is 9.63 Å². The van der Waals surface area contributed by atoms with E-state index >= 15 is 0 Å². The summed E-state index contributed by atoms with van der Waals surface area (Å²) in [7, 11) is 0. The summed E-state index contributed by atoms with van der Waals surface area (Å²) in [5.74, 6) is 0.876. The van der Waals surface area contributed by atoms with Crippen molar-refractivity contribution in [2.24, 2.45) is 5.92 Å².